The number of hydrogen-bond donors (Lipinski definition) is 0. The lowest BCUT2D eigenvalue weighted by atomic mass is 9.97. The fourth-order valence-corrected chi connectivity index (χ4v) is 2.57. The van der Waals surface area contributed by atoms with Gasteiger partial charge in [-0.2, -0.15) is 0 Å². The van der Waals surface area contributed by atoms with Gasteiger partial charge in [0.15, 0.2) is 6.61 Å². The first-order valence-electron chi connectivity index (χ1n) is 7.57. The average Bonchev–Trinajstić information content (AvgIpc) is 2.55. The third-order valence-corrected chi connectivity index (χ3v) is 4.22. The molecule has 1 aliphatic heterocycles. The number of ether oxygens (including phenoxy) is 2. The second-order valence-electron chi connectivity index (χ2n) is 5.71. The van der Waals surface area contributed by atoms with Crippen molar-refractivity contribution >= 4 is 11.9 Å². The van der Waals surface area contributed by atoms with Crippen molar-refractivity contribution in [2.24, 2.45) is 5.92 Å². The summed E-state index contributed by atoms with van der Waals surface area (Å²) in [6.07, 6.45) is 1.31. The lowest BCUT2D eigenvalue weighted by Gasteiger charge is -2.30. The van der Waals surface area contributed by atoms with E-state index in [0.717, 1.165) is 5.56 Å². The molecule has 0 N–H and O–H groups in total. The number of likely N-dealkylation sites (tertiary alicyclic amines) is 1. The summed E-state index contributed by atoms with van der Waals surface area (Å²) in [6, 6.07) is 5.79. The van der Waals surface area contributed by atoms with Gasteiger partial charge in [-0.05, 0) is 49.9 Å². The summed E-state index contributed by atoms with van der Waals surface area (Å²) in [5, 5.41) is 0. The summed E-state index contributed by atoms with van der Waals surface area (Å²) < 4.78 is 10.3. The van der Waals surface area contributed by atoms with Crippen LogP contribution in [0.25, 0.3) is 0 Å². The molecule has 2 rings (SSSR count). The molecule has 1 saturated heterocycles. The molecule has 0 spiro atoms. The maximum absolute atomic E-state index is 12.2. The Kier molecular flexibility index (Phi) is 5.41. The molecule has 5 nitrogen and oxygen atoms in total. The molecule has 0 aromatic heterocycles. The molecule has 5 heteroatoms. The number of esters is 1. The van der Waals surface area contributed by atoms with Crippen LogP contribution in [0.5, 0.6) is 5.75 Å². The largest absolute Gasteiger partial charge is 0.484 e. The molecule has 1 aliphatic rings. The highest BCUT2D eigenvalue weighted by molar-refractivity contribution is 5.78. The van der Waals surface area contributed by atoms with Crippen molar-refractivity contribution in [2.45, 2.75) is 26.7 Å². The van der Waals surface area contributed by atoms with E-state index < -0.39 is 0 Å². The zero-order valence-corrected chi connectivity index (χ0v) is 13.4. The first kappa shape index (κ1) is 16.3. The third-order valence-electron chi connectivity index (χ3n) is 4.22. The number of aryl methyl sites for hydroxylation is 2. The van der Waals surface area contributed by atoms with Crippen LogP contribution in [0.3, 0.4) is 0 Å². The average molecular weight is 305 g/mol. The number of methoxy groups -OCH3 is 1. The van der Waals surface area contributed by atoms with Crippen molar-refractivity contribution in [3.8, 4) is 5.75 Å². The van der Waals surface area contributed by atoms with Crippen LogP contribution in [0.4, 0.5) is 0 Å². The molecule has 1 amide bonds. The number of carbonyl (C=O) groups excluding carboxylic acids is 2. The minimum atomic E-state index is -0.182. The van der Waals surface area contributed by atoms with E-state index in [1.807, 2.05) is 32.0 Å². The molecule has 0 unspecified atom stereocenters. The Morgan fingerprint density at radius 3 is 2.45 bits per heavy atom. The first-order valence-corrected chi connectivity index (χ1v) is 7.57. The summed E-state index contributed by atoms with van der Waals surface area (Å²) in [5.41, 5.74) is 2.34. The molecule has 120 valence electrons. The van der Waals surface area contributed by atoms with E-state index in [2.05, 4.69) is 0 Å². The van der Waals surface area contributed by atoms with Crippen LogP contribution in [0.1, 0.15) is 24.0 Å². The molecule has 1 aromatic rings. The second-order valence-corrected chi connectivity index (χ2v) is 5.71. The first-order chi connectivity index (χ1) is 10.5. The monoisotopic (exact) mass is 305 g/mol. The van der Waals surface area contributed by atoms with E-state index >= 15 is 0 Å². The molecular formula is C17H23NO4. The Hall–Kier alpha value is -2.04. The molecule has 1 heterocycles. The number of nitrogens with zero attached hydrogens (tertiary/aromatic N) is 1. The second kappa shape index (κ2) is 7.29. The van der Waals surface area contributed by atoms with E-state index in [9.17, 15) is 9.59 Å². The number of piperidine rings is 1. The van der Waals surface area contributed by atoms with Crippen molar-refractivity contribution in [3.63, 3.8) is 0 Å². The van der Waals surface area contributed by atoms with Gasteiger partial charge in [-0.25, -0.2) is 0 Å². The number of benzene rings is 1. The van der Waals surface area contributed by atoms with Crippen LogP contribution in [0.15, 0.2) is 18.2 Å². The van der Waals surface area contributed by atoms with Crippen LogP contribution < -0.4 is 4.74 Å². The van der Waals surface area contributed by atoms with Gasteiger partial charge in [-0.3, -0.25) is 9.59 Å². The van der Waals surface area contributed by atoms with Gasteiger partial charge < -0.3 is 14.4 Å². The molecule has 1 fully saturated rings. The van der Waals surface area contributed by atoms with Gasteiger partial charge in [0, 0.05) is 13.1 Å². The van der Waals surface area contributed by atoms with Gasteiger partial charge in [0.1, 0.15) is 5.75 Å². The predicted molar refractivity (Wildman–Crippen MR) is 82.7 cm³/mol. The molecule has 0 aliphatic carbocycles. The summed E-state index contributed by atoms with van der Waals surface area (Å²) in [6.45, 7) is 5.24. The summed E-state index contributed by atoms with van der Waals surface area (Å²) in [4.78, 5) is 25.4. The van der Waals surface area contributed by atoms with Crippen LogP contribution in [-0.2, 0) is 14.3 Å². The summed E-state index contributed by atoms with van der Waals surface area (Å²) in [7, 11) is 1.40. The van der Waals surface area contributed by atoms with E-state index in [-0.39, 0.29) is 24.4 Å². The van der Waals surface area contributed by atoms with E-state index in [0.29, 0.717) is 31.7 Å². The number of hydrogen-bond acceptors (Lipinski definition) is 4. The lowest BCUT2D eigenvalue weighted by molar-refractivity contribution is -0.149. The smallest absolute Gasteiger partial charge is 0.308 e. The van der Waals surface area contributed by atoms with Gasteiger partial charge in [0.25, 0.3) is 5.91 Å². The fourth-order valence-electron chi connectivity index (χ4n) is 2.57. The SMILES string of the molecule is COC(=O)C1CCN(C(=O)COc2ccc(C)c(C)c2)CC1. The Labute approximate surface area is 131 Å². The lowest BCUT2D eigenvalue weighted by Crippen LogP contribution is -2.42. The molecule has 0 atom stereocenters. The number of carbonyl (C=O) groups is 2. The molecule has 0 bridgehead atoms. The van der Waals surface area contributed by atoms with Crippen molar-refractivity contribution in [3.05, 3.63) is 29.3 Å². The molecule has 0 saturated carbocycles. The topological polar surface area (TPSA) is 55.8 Å². The summed E-state index contributed by atoms with van der Waals surface area (Å²) >= 11 is 0. The van der Waals surface area contributed by atoms with Gasteiger partial charge >= 0.3 is 5.97 Å². The highest BCUT2D eigenvalue weighted by Crippen LogP contribution is 2.19. The normalized spacial score (nSPS) is 15.5. The quantitative estimate of drug-likeness (QED) is 0.799. The van der Waals surface area contributed by atoms with Crippen LogP contribution in [0, 0.1) is 19.8 Å². The Balaban J connectivity index is 1.81. The minimum Gasteiger partial charge on any atom is -0.484 e. The van der Waals surface area contributed by atoms with Gasteiger partial charge in [0.2, 0.25) is 0 Å². The van der Waals surface area contributed by atoms with Crippen molar-refractivity contribution in [1.29, 1.82) is 0 Å². The van der Waals surface area contributed by atoms with Gasteiger partial charge in [-0.1, -0.05) is 6.07 Å². The van der Waals surface area contributed by atoms with Crippen LogP contribution in [0.2, 0.25) is 0 Å². The highest BCUT2D eigenvalue weighted by atomic mass is 16.5. The van der Waals surface area contributed by atoms with E-state index in [1.165, 1.54) is 12.7 Å². The number of rotatable bonds is 4. The number of amides is 1. The van der Waals surface area contributed by atoms with Gasteiger partial charge in [0.05, 0.1) is 13.0 Å². The zero-order chi connectivity index (χ0) is 16.1. The standard InChI is InChI=1S/C17H23NO4/c1-12-4-5-15(10-13(12)2)22-11-16(19)18-8-6-14(7-9-18)17(20)21-3/h4-5,10,14H,6-9,11H2,1-3H3. The van der Waals surface area contributed by atoms with Crippen LogP contribution >= 0.6 is 0 Å². The maximum Gasteiger partial charge on any atom is 0.308 e. The Morgan fingerprint density at radius 1 is 1.18 bits per heavy atom. The summed E-state index contributed by atoms with van der Waals surface area (Å²) in [5.74, 6) is 0.399. The zero-order valence-electron chi connectivity index (χ0n) is 13.4. The van der Waals surface area contributed by atoms with Crippen molar-refractivity contribution in [1.82, 2.24) is 4.90 Å². The molecular weight excluding hydrogens is 282 g/mol. The van der Waals surface area contributed by atoms with Crippen molar-refractivity contribution < 1.29 is 19.1 Å². The van der Waals surface area contributed by atoms with Crippen molar-refractivity contribution in [2.75, 3.05) is 26.8 Å². The Bertz CT molecular complexity index is 548. The van der Waals surface area contributed by atoms with Crippen LogP contribution in [-0.4, -0.2) is 43.6 Å². The van der Waals surface area contributed by atoms with E-state index in [4.69, 9.17) is 9.47 Å². The predicted octanol–water partition coefficient (Wildman–Crippen LogP) is 2.09. The molecule has 0 radical (unpaired) electrons. The maximum atomic E-state index is 12.2. The Morgan fingerprint density at radius 2 is 1.86 bits per heavy atom. The minimum absolute atomic E-state index is 0.0331. The fraction of sp³-hybridized carbons (Fsp3) is 0.529. The van der Waals surface area contributed by atoms with E-state index in [1.54, 1.807) is 4.90 Å². The third kappa shape index (κ3) is 4.00. The molecule has 22 heavy (non-hydrogen) atoms. The molecule has 1 aromatic carbocycles. The van der Waals surface area contributed by atoms with Gasteiger partial charge in [-0.15, -0.1) is 0 Å². The highest BCUT2D eigenvalue weighted by Gasteiger charge is 2.27.